The Hall–Kier alpha value is -3.14. The van der Waals surface area contributed by atoms with E-state index in [0.29, 0.717) is 22.6 Å². The molecule has 2 N–H and O–H groups in total. The first-order chi connectivity index (χ1) is 10.9. The fourth-order valence-corrected chi connectivity index (χ4v) is 2.65. The van der Waals surface area contributed by atoms with E-state index in [0.717, 1.165) is 5.52 Å². The largest absolute Gasteiger partial charge is 0.382 e. The lowest BCUT2D eigenvalue weighted by Crippen LogP contribution is -2.15. The second-order valence-electron chi connectivity index (χ2n) is 5.38. The lowest BCUT2D eigenvalue weighted by Gasteiger charge is -2.22. The monoisotopic (exact) mass is 310 g/mol. The van der Waals surface area contributed by atoms with Gasteiger partial charge in [-0.3, -0.25) is 0 Å². The zero-order chi connectivity index (χ0) is 16.7. The molecule has 0 aliphatic heterocycles. The van der Waals surface area contributed by atoms with Crippen LogP contribution < -0.4 is 10.6 Å². The maximum atomic E-state index is 14.4. The number of rotatable bonds is 2. The van der Waals surface area contributed by atoms with Gasteiger partial charge in [-0.05, 0) is 24.6 Å². The Morgan fingerprint density at radius 2 is 2.09 bits per heavy atom. The SMILES string of the molecule is Cc1cc(C#N)cc(F)c1N(C)c1cc2c(ncn2C)c(N)n1. The molecular weight excluding hydrogens is 295 g/mol. The first-order valence-electron chi connectivity index (χ1n) is 6.94. The average molecular weight is 310 g/mol. The summed E-state index contributed by atoms with van der Waals surface area (Å²) in [6.07, 6.45) is 1.65. The number of nitrogens with two attached hydrogens (primary N) is 1. The Morgan fingerprint density at radius 1 is 1.35 bits per heavy atom. The summed E-state index contributed by atoms with van der Waals surface area (Å²) in [6, 6.07) is 6.60. The molecule has 0 aliphatic carbocycles. The van der Waals surface area contributed by atoms with Crippen LogP contribution >= 0.6 is 0 Å². The van der Waals surface area contributed by atoms with Gasteiger partial charge in [-0.1, -0.05) is 0 Å². The molecule has 23 heavy (non-hydrogen) atoms. The van der Waals surface area contributed by atoms with Crippen molar-refractivity contribution in [3.05, 3.63) is 41.5 Å². The van der Waals surface area contributed by atoms with E-state index in [4.69, 9.17) is 11.0 Å². The van der Waals surface area contributed by atoms with Crippen LogP contribution in [0.1, 0.15) is 11.1 Å². The highest BCUT2D eigenvalue weighted by Crippen LogP contribution is 2.32. The lowest BCUT2D eigenvalue weighted by molar-refractivity contribution is 0.625. The van der Waals surface area contributed by atoms with E-state index >= 15 is 0 Å². The van der Waals surface area contributed by atoms with E-state index in [1.165, 1.54) is 6.07 Å². The zero-order valence-electron chi connectivity index (χ0n) is 13.0. The first kappa shape index (κ1) is 14.8. The predicted molar refractivity (Wildman–Crippen MR) is 86.8 cm³/mol. The summed E-state index contributed by atoms with van der Waals surface area (Å²) in [5.74, 6) is 0.316. The summed E-state index contributed by atoms with van der Waals surface area (Å²) in [5, 5.41) is 8.93. The van der Waals surface area contributed by atoms with Crippen LogP contribution in [0, 0.1) is 24.1 Å². The molecule has 3 aromatic rings. The molecule has 2 aromatic heterocycles. The normalized spacial score (nSPS) is 10.7. The number of halogens is 1. The van der Waals surface area contributed by atoms with Crippen LogP contribution in [0.5, 0.6) is 0 Å². The molecule has 0 atom stereocenters. The number of aromatic nitrogens is 3. The van der Waals surface area contributed by atoms with Crippen molar-refractivity contribution < 1.29 is 4.39 Å². The van der Waals surface area contributed by atoms with Crippen LogP contribution in [-0.4, -0.2) is 21.6 Å². The number of hydrogen-bond donors (Lipinski definition) is 1. The van der Waals surface area contributed by atoms with Gasteiger partial charge >= 0.3 is 0 Å². The maximum Gasteiger partial charge on any atom is 0.154 e. The number of benzene rings is 1. The van der Waals surface area contributed by atoms with Gasteiger partial charge in [0, 0.05) is 20.2 Å². The maximum absolute atomic E-state index is 14.4. The van der Waals surface area contributed by atoms with Gasteiger partial charge in [0.25, 0.3) is 0 Å². The van der Waals surface area contributed by atoms with Gasteiger partial charge in [0.2, 0.25) is 0 Å². The highest BCUT2D eigenvalue weighted by Gasteiger charge is 2.17. The molecule has 1 aromatic carbocycles. The van der Waals surface area contributed by atoms with Crippen molar-refractivity contribution in [3.63, 3.8) is 0 Å². The van der Waals surface area contributed by atoms with Crippen molar-refractivity contribution in [2.24, 2.45) is 7.05 Å². The fraction of sp³-hybridized carbons (Fsp3) is 0.188. The van der Waals surface area contributed by atoms with Crippen molar-refractivity contribution in [3.8, 4) is 6.07 Å². The van der Waals surface area contributed by atoms with Crippen LogP contribution in [0.15, 0.2) is 24.5 Å². The minimum atomic E-state index is -0.477. The van der Waals surface area contributed by atoms with Crippen molar-refractivity contribution in [2.45, 2.75) is 6.92 Å². The molecule has 0 amide bonds. The molecule has 0 aliphatic rings. The van der Waals surface area contributed by atoms with E-state index < -0.39 is 5.82 Å². The van der Waals surface area contributed by atoms with E-state index in [1.807, 2.05) is 17.7 Å². The molecule has 0 bridgehead atoms. The summed E-state index contributed by atoms with van der Waals surface area (Å²) < 4.78 is 16.2. The van der Waals surface area contributed by atoms with Gasteiger partial charge in [-0.15, -0.1) is 0 Å². The minimum absolute atomic E-state index is 0.284. The van der Waals surface area contributed by atoms with E-state index in [2.05, 4.69) is 9.97 Å². The Bertz CT molecular complexity index is 930. The van der Waals surface area contributed by atoms with Crippen molar-refractivity contribution in [1.82, 2.24) is 14.5 Å². The molecule has 6 nitrogen and oxygen atoms in total. The van der Waals surface area contributed by atoms with Crippen LogP contribution in [0.3, 0.4) is 0 Å². The molecule has 7 heteroatoms. The Morgan fingerprint density at radius 3 is 2.74 bits per heavy atom. The summed E-state index contributed by atoms with van der Waals surface area (Å²) in [6.45, 7) is 1.75. The number of nitriles is 1. The van der Waals surface area contributed by atoms with Gasteiger partial charge < -0.3 is 15.2 Å². The Labute approximate surface area is 132 Å². The Kier molecular flexibility index (Phi) is 3.37. The molecule has 0 saturated heterocycles. The first-order valence-corrected chi connectivity index (χ1v) is 6.94. The zero-order valence-corrected chi connectivity index (χ0v) is 13.0. The molecule has 2 heterocycles. The van der Waals surface area contributed by atoms with Crippen molar-refractivity contribution >= 4 is 28.4 Å². The van der Waals surface area contributed by atoms with Crippen molar-refractivity contribution in [2.75, 3.05) is 17.7 Å². The van der Waals surface area contributed by atoms with E-state index in [1.54, 1.807) is 37.3 Å². The van der Waals surface area contributed by atoms with E-state index in [-0.39, 0.29) is 11.4 Å². The molecule has 3 rings (SSSR count). The van der Waals surface area contributed by atoms with Crippen LogP contribution in [-0.2, 0) is 7.05 Å². The molecule has 0 unspecified atom stereocenters. The van der Waals surface area contributed by atoms with Gasteiger partial charge in [0.15, 0.2) is 5.82 Å². The summed E-state index contributed by atoms with van der Waals surface area (Å²) >= 11 is 0. The topological polar surface area (TPSA) is 83.8 Å². The molecule has 0 spiro atoms. The third-order valence-corrected chi connectivity index (χ3v) is 3.79. The molecular formula is C16H15FN6. The predicted octanol–water partition coefficient (Wildman–Crippen LogP) is 2.64. The second kappa shape index (κ2) is 5.25. The van der Waals surface area contributed by atoms with Gasteiger partial charge in [-0.2, -0.15) is 5.26 Å². The third kappa shape index (κ3) is 2.34. The number of fused-ring (bicyclic) bond motifs is 1. The standard InChI is InChI=1S/C16H15FN6/c1-9-4-10(7-18)5-11(17)15(9)23(3)13-6-12-14(16(19)21-13)20-8-22(12)2/h4-6,8H,1-3H3,(H2,19,21). The molecule has 0 fully saturated rings. The summed E-state index contributed by atoms with van der Waals surface area (Å²) in [5.41, 5.74) is 8.67. The molecule has 0 saturated carbocycles. The van der Waals surface area contributed by atoms with Crippen LogP contribution in [0.2, 0.25) is 0 Å². The Balaban J connectivity index is 2.16. The number of hydrogen-bond acceptors (Lipinski definition) is 5. The van der Waals surface area contributed by atoms with Crippen LogP contribution in [0.25, 0.3) is 11.0 Å². The molecule has 0 radical (unpaired) electrons. The van der Waals surface area contributed by atoms with Crippen LogP contribution in [0.4, 0.5) is 21.7 Å². The highest BCUT2D eigenvalue weighted by atomic mass is 19.1. The van der Waals surface area contributed by atoms with E-state index in [9.17, 15) is 4.39 Å². The number of pyridine rings is 1. The van der Waals surface area contributed by atoms with Gasteiger partial charge in [-0.25, -0.2) is 14.4 Å². The lowest BCUT2D eigenvalue weighted by atomic mass is 10.1. The average Bonchev–Trinajstić information content (AvgIpc) is 2.88. The summed E-state index contributed by atoms with van der Waals surface area (Å²) in [7, 11) is 3.56. The fourth-order valence-electron chi connectivity index (χ4n) is 2.65. The van der Waals surface area contributed by atoms with Crippen molar-refractivity contribution in [1.29, 1.82) is 5.26 Å². The number of imidazole rings is 1. The number of anilines is 3. The highest BCUT2D eigenvalue weighted by molar-refractivity contribution is 5.88. The minimum Gasteiger partial charge on any atom is -0.382 e. The number of nitrogen functional groups attached to an aromatic ring is 1. The third-order valence-electron chi connectivity index (χ3n) is 3.79. The van der Waals surface area contributed by atoms with Gasteiger partial charge in [0.1, 0.15) is 17.2 Å². The molecule has 116 valence electrons. The number of nitrogens with zero attached hydrogens (tertiary/aromatic N) is 5. The summed E-state index contributed by atoms with van der Waals surface area (Å²) in [4.78, 5) is 10.1. The smallest absolute Gasteiger partial charge is 0.154 e. The second-order valence-corrected chi connectivity index (χ2v) is 5.38. The van der Waals surface area contributed by atoms with Gasteiger partial charge in [0.05, 0.1) is 29.2 Å². The number of aryl methyl sites for hydroxylation is 2. The quantitative estimate of drug-likeness (QED) is 0.786.